The summed E-state index contributed by atoms with van der Waals surface area (Å²) in [6.07, 6.45) is -0.546. The van der Waals surface area contributed by atoms with Crippen molar-refractivity contribution >= 4 is 28.5 Å². The largest absolute Gasteiger partial charge is 0.481 e. The molecular weight excluding hydrogens is 270 g/mol. The fraction of sp³-hybridized carbons (Fsp3) is 0.545. The normalized spacial score (nSPS) is 19.2. The highest BCUT2D eigenvalue weighted by Crippen LogP contribution is 2.16. The number of hydrogen-bond donors (Lipinski definition) is 2. The van der Waals surface area contributed by atoms with E-state index in [1.165, 1.54) is 11.3 Å². The summed E-state index contributed by atoms with van der Waals surface area (Å²) in [5.41, 5.74) is 0.853. The van der Waals surface area contributed by atoms with Gasteiger partial charge >= 0.3 is 12.0 Å². The molecule has 0 radical (unpaired) electrons. The van der Waals surface area contributed by atoms with E-state index < -0.39 is 12.1 Å². The number of aromatic nitrogens is 1. The molecule has 19 heavy (non-hydrogen) atoms. The van der Waals surface area contributed by atoms with Gasteiger partial charge in [0.15, 0.2) is 5.13 Å². The molecule has 1 fully saturated rings. The van der Waals surface area contributed by atoms with Gasteiger partial charge in [-0.3, -0.25) is 10.1 Å². The summed E-state index contributed by atoms with van der Waals surface area (Å²) in [4.78, 5) is 28.3. The van der Waals surface area contributed by atoms with Crippen LogP contribution in [0.15, 0.2) is 5.38 Å². The standard InChI is InChI=1S/C11H15N3O4S/c1-7-6-19-10(12-7)13-11(17)14-2-3-18-8(5-14)4-9(15)16/h6,8H,2-5H2,1H3,(H,15,16)(H,12,13,17). The molecule has 1 aliphatic rings. The third-order valence-electron chi connectivity index (χ3n) is 2.66. The number of thiazole rings is 1. The van der Waals surface area contributed by atoms with Crippen molar-refractivity contribution in [3.05, 3.63) is 11.1 Å². The smallest absolute Gasteiger partial charge is 0.323 e. The number of amides is 2. The highest BCUT2D eigenvalue weighted by atomic mass is 32.1. The fourth-order valence-electron chi connectivity index (χ4n) is 1.80. The van der Waals surface area contributed by atoms with Crippen molar-refractivity contribution in [2.24, 2.45) is 0 Å². The first-order chi connectivity index (χ1) is 9.04. The summed E-state index contributed by atoms with van der Waals surface area (Å²) in [6, 6.07) is -0.270. The zero-order valence-electron chi connectivity index (χ0n) is 10.5. The number of aliphatic carboxylic acids is 1. The van der Waals surface area contributed by atoms with Crippen LogP contribution < -0.4 is 5.32 Å². The minimum absolute atomic E-state index is 0.0971. The van der Waals surface area contributed by atoms with Gasteiger partial charge in [-0.25, -0.2) is 9.78 Å². The Morgan fingerprint density at radius 1 is 1.68 bits per heavy atom. The summed E-state index contributed by atoms with van der Waals surface area (Å²) in [6.45, 7) is 2.93. The van der Waals surface area contributed by atoms with Crippen LogP contribution in [-0.4, -0.2) is 52.8 Å². The first kappa shape index (κ1) is 13.8. The van der Waals surface area contributed by atoms with E-state index in [9.17, 15) is 9.59 Å². The van der Waals surface area contributed by atoms with Crippen molar-refractivity contribution in [1.82, 2.24) is 9.88 Å². The van der Waals surface area contributed by atoms with Crippen LogP contribution in [0.1, 0.15) is 12.1 Å². The number of carboxylic acid groups (broad SMARTS) is 1. The second-order valence-electron chi connectivity index (χ2n) is 4.26. The molecule has 0 aliphatic carbocycles. The molecule has 1 aliphatic heterocycles. The van der Waals surface area contributed by atoms with Gasteiger partial charge in [0.2, 0.25) is 0 Å². The van der Waals surface area contributed by atoms with E-state index in [-0.39, 0.29) is 19.0 Å². The van der Waals surface area contributed by atoms with Crippen LogP contribution in [0.25, 0.3) is 0 Å². The number of carbonyl (C=O) groups is 2. The van der Waals surface area contributed by atoms with E-state index in [4.69, 9.17) is 9.84 Å². The first-order valence-corrected chi connectivity index (χ1v) is 6.74. The molecule has 2 rings (SSSR count). The summed E-state index contributed by atoms with van der Waals surface area (Å²) in [5, 5.41) is 13.8. The van der Waals surface area contributed by atoms with Gasteiger partial charge in [0, 0.05) is 18.5 Å². The van der Waals surface area contributed by atoms with Crippen LogP contribution in [0, 0.1) is 6.92 Å². The second-order valence-corrected chi connectivity index (χ2v) is 5.12. The molecule has 0 saturated carbocycles. The molecule has 1 saturated heterocycles. The number of rotatable bonds is 3. The van der Waals surface area contributed by atoms with Crippen molar-refractivity contribution in [2.45, 2.75) is 19.4 Å². The van der Waals surface area contributed by atoms with E-state index in [0.717, 1.165) is 5.69 Å². The maximum atomic E-state index is 12.0. The van der Waals surface area contributed by atoms with Crippen LogP contribution in [0.3, 0.4) is 0 Å². The predicted octanol–water partition coefficient (Wildman–Crippen LogP) is 1.16. The second kappa shape index (κ2) is 5.98. The Balaban J connectivity index is 1.89. The van der Waals surface area contributed by atoms with Crippen molar-refractivity contribution in [3.8, 4) is 0 Å². The van der Waals surface area contributed by atoms with E-state index in [1.807, 2.05) is 12.3 Å². The lowest BCUT2D eigenvalue weighted by Crippen LogP contribution is -2.47. The molecule has 7 nitrogen and oxygen atoms in total. The highest BCUT2D eigenvalue weighted by Gasteiger charge is 2.26. The van der Waals surface area contributed by atoms with Crippen LogP contribution >= 0.6 is 11.3 Å². The number of nitrogens with zero attached hydrogens (tertiary/aromatic N) is 2. The quantitative estimate of drug-likeness (QED) is 0.869. The van der Waals surface area contributed by atoms with E-state index in [0.29, 0.717) is 18.3 Å². The number of aryl methyl sites for hydroxylation is 1. The number of anilines is 1. The number of carboxylic acids is 1. The predicted molar refractivity (Wildman–Crippen MR) is 69.4 cm³/mol. The minimum Gasteiger partial charge on any atom is -0.481 e. The van der Waals surface area contributed by atoms with Gasteiger partial charge < -0.3 is 14.7 Å². The molecule has 1 atom stereocenters. The summed E-state index contributed by atoms with van der Waals surface area (Å²) in [7, 11) is 0. The van der Waals surface area contributed by atoms with Crippen LogP contribution in [-0.2, 0) is 9.53 Å². The average molecular weight is 285 g/mol. The van der Waals surface area contributed by atoms with E-state index in [1.54, 1.807) is 4.90 Å². The van der Waals surface area contributed by atoms with Crippen molar-refractivity contribution in [3.63, 3.8) is 0 Å². The Morgan fingerprint density at radius 3 is 3.11 bits per heavy atom. The van der Waals surface area contributed by atoms with Crippen LogP contribution in [0.4, 0.5) is 9.93 Å². The van der Waals surface area contributed by atoms with Gasteiger partial charge in [0.05, 0.1) is 24.8 Å². The van der Waals surface area contributed by atoms with Crippen molar-refractivity contribution in [1.29, 1.82) is 0 Å². The molecule has 2 heterocycles. The molecule has 2 N–H and O–H groups in total. The maximum absolute atomic E-state index is 12.0. The Labute approximate surface area is 114 Å². The lowest BCUT2D eigenvalue weighted by Gasteiger charge is -2.31. The van der Waals surface area contributed by atoms with E-state index in [2.05, 4.69) is 10.3 Å². The third-order valence-corrected chi connectivity index (χ3v) is 3.54. The fourth-order valence-corrected chi connectivity index (χ4v) is 2.48. The number of ether oxygens (including phenoxy) is 1. The van der Waals surface area contributed by atoms with Crippen molar-refractivity contribution < 1.29 is 19.4 Å². The Kier molecular flexibility index (Phi) is 4.33. The van der Waals surface area contributed by atoms with E-state index >= 15 is 0 Å². The first-order valence-electron chi connectivity index (χ1n) is 5.86. The van der Waals surface area contributed by atoms with Gasteiger partial charge in [0.1, 0.15) is 0 Å². The monoisotopic (exact) mass is 285 g/mol. The Morgan fingerprint density at radius 2 is 2.47 bits per heavy atom. The van der Waals surface area contributed by atoms with Gasteiger partial charge in [0.25, 0.3) is 0 Å². The minimum atomic E-state index is -0.928. The Hall–Kier alpha value is -1.67. The summed E-state index contributed by atoms with van der Waals surface area (Å²) < 4.78 is 5.31. The number of hydrogen-bond acceptors (Lipinski definition) is 5. The Bertz CT molecular complexity index is 476. The summed E-state index contributed by atoms with van der Waals surface area (Å²) in [5.74, 6) is -0.928. The summed E-state index contributed by atoms with van der Waals surface area (Å²) >= 11 is 1.36. The molecule has 0 bridgehead atoms. The molecule has 1 aromatic heterocycles. The molecule has 0 aromatic carbocycles. The maximum Gasteiger partial charge on any atom is 0.323 e. The van der Waals surface area contributed by atoms with Gasteiger partial charge in [-0.1, -0.05) is 0 Å². The average Bonchev–Trinajstić information content (AvgIpc) is 2.74. The number of morpholine rings is 1. The molecule has 2 amide bonds. The third kappa shape index (κ3) is 3.90. The molecular formula is C11H15N3O4S. The van der Waals surface area contributed by atoms with Crippen molar-refractivity contribution in [2.75, 3.05) is 25.0 Å². The lowest BCUT2D eigenvalue weighted by atomic mass is 10.2. The zero-order valence-corrected chi connectivity index (χ0v) is 11.3. The topological polar surface area (TPSA) is 91.8 Å². The molecule has 0 spiro atoms. The molecule has 1 aromatic rings. The lowest BCUT2D eigenvalue weighted by molar-refractivity contribution is -0.141. The molecule has 1 unspecified atom stereocenters. The van der Waals surface area contributed by atoms with Crippen LogP contribution in [0.5, 0.6) is 0 Å². The van der Waals surface area contributed by atoms with Crippen LogP contribution in [0.2, 0.25) is 0 Å². The number of urea groups is 1. The number of nitrogens with one attached hydrogen (secondary N) is 1. The van der Waals surface area contributed by atoms with Gasteiger partial charge in [-0.15, -0.1) is 11.3 Å². The molecule has 104 valence electrons. The highest BCUT2D eigenvalue weighted by molar-refractivity contribution is 7.13. The number of carbonyl (C=O) groups excluding carboxylic acids is 1. The van der Waals surface area contributed by atoms with Gasteiger partial charge in [-0.2, -0.15) is 0 Å². The van der Waals surface area contributed by atoms with Gasteiger partial charge in [-0.05, 0) is 6.92 Å². The SMILES string of the molecule is Cc1csc(NC(=O)N2CCOC(CC(=O)O)C2)n1. The molecule has 8 heteroatoms. The zero-order chi connectivity index (χ0) is 13.8.